The highest BCUT2D eigenvalue weighted by Gasteiger charge is 2.40. The van der Waals surface area contributed by atoms with Crippen molar-refractivity contribution < 1.29 is 18.8 Å². The second-order valence-corrected chi connectivity index (χ2v) is 7.39. The summed E-state index contributed by atoms with van der Waals surface area (Å²) in [6, 6.07) is 4.31. The van der Waals surface area contributed by atoms with E-state index in [1.54, 1.807) is 7.05 Å². The number of carbonyl (C=O) groups is 3. The molecule has 0 radical (unpaired) electrons. The van der Waals surface area contributed by atoms with Crippen LogP contribution in [0.5, 0.6) is 0 Å². The summed E-state index contributed by atoms with van der Waals surface area (Å²) in [5, 5.41) is 8.43. The van der Waals surface area contributed by atoms with Gasteiger partial charge in [0, 0.05) is 5.69 Å². The van der Waals surface area contributed by atoms with E-state index in [1.165, 1.54) is 24.3 Å². The van der Waals surface area contributed by atoms with Gasteiger partial charge in [0.1, 0.15) is 5.82 Å². The second kappa shape index (κ2) is 10.3. The van der Waals surface area contributed by atoms with E-state index >= 15 is 0 Å². The minimum Gasteiger partial charge on any atom is -0.344 e. The number of unbranched alkanes of at least 4 members (excludes halogenated alkanes) is 1. The molecule has 7 heteroatoms. The van der Waals surface area contributed by atoms with Crippen LogP contribution in [0.4, 0.5) is 10.1 Å². The highest BCUT2D eigenvalue weighted by atomic mass is 19.1. The number of likely N-dealkylation sites (N-methyl/N-ethyl adjacent to an activating group) is 1. The molecule has 1 aliphatic carbocycles. The van der Waals surface area contributed by atoms with Crippen molar-refractivity contribution in [1.29, 1.82) is 0 Å². The molecule has 0 aliphatic heterocycles. The van der Waals surface area contributed by atoms with Gasteiger partial charge in [0.25, 0.3) is 5.91 Å². The summed E-state index contributed by atoms with van der Waals surface area (Å²) in [4.78, 5) is 38.0. The Labute approximate surface area is 165 Å². The molecular formula is C21H30FN3O3. The lowest BCUT2D eigenvalue weighted by Gasteiger charge is -2.36. The first-order valence-electron chi connectivity index (χ1n) is 10.0. The van der Waals surface area contributed by atoms with Crippen molar-refractivity contribution in [3.63, 3.8) is 0 Å². The first-order chi connectivity index (χ1) is 13.4. The first-order valence-corrected chi connectivity index (χ1v) is 10.0. The zero-order valence-corrected chi connectivity index (χ0v) is 16.6. The van der Waals surface area contributed by atoms with Gasteiger partial charge >= 0.3 is 0 Å². The molecule has 0 saturated heterocycles. The second-order valence-electron chi connectivity index (χ2n) is 7.39. The molecule has 1 aromatic carbocycles. The van der Waals surface area contributed by atoms with Gasteiger partial charge in [-0.1, -0.05) is 39.0 Å². The van der Waals surface area contributed by atoms with Gasteiger partial charge in [0.15, 0.2) is 0 Å². The SMILES string of the molecule is CCCC[C@H](NC(=O)C1(NC)CCCCC1)C(=O)C(=O)Nc1ccc(F)cc1. The Morgan fingerprint density at radius 1 is 1.11 bits per heavy atom. The Kier molecular flexibility index (Phi) is 8.11. The van der Waals surface area contributed by atoms with E-state index in [0.717, 1.165) is 25.7 Å². The van der Waals surface area contributed by atoms with Gasteiger partial charge in [-0.15, -0.1) is 0 Å². The van der Waals surface area contributed by atoms with Gasteiger partial charge in [-0.05, 0) is 50.6 Å². The van der Waals surface area contributed by atoms with Crippen molar-refractivity contribution in [3.05, 3.63) is 30.1 Å². The van der Waals surface area contributed by atoms with E-state index in [2.05, 4.69) is 16.0 Å². The van der Waals surface area contributed by atoms with E-state index in [4.69, 9.17) is 0 Å². The molecule has 6 nitrogen and oxygen atoms in total. The van der Waals surface area contributed by atoms with Crippen LogP contribution in [0, 0.1) is 5.82 Å². The fourth-order valence-electron chi connectivity index (χ4n) is 3.60. The maximum Gasteiger partial charge on any atom is 0.293 e. The average molecular weight is 391 g/mol. The fourth-order valence-corrected chi connectivity index (χ4v) is 3.60. The molecule has 1 aromatic rings. The predicted octanol–water partition coefficient (Wildman–Crippen LogP) is 2.93. The largest absolute Gasteiger partial charge is 0.344 e. The summed E-state index contributed by atoms with van der Waals surface area (Å²) < 4.78 is 13.0. The molecule has 2 amide bonds. The quantitative estimate of drug-likeness (QED) is 0.565. The third-order valence-corrected chi connectivity index (χ3v) is 5.41. The molecule has 0 aromatic heterocycles. The van der Waals surface area contributed by atoms with Crippen molar-refractivity contribution in [2.24, 2.45) is 0 Å². The summed E-state index contributed by atoms with van der Waals surface area (Å²) >= 11 is 0. The monoisotopic (exact) mass is 391 g/mol. The van der Waals surface area contributed by atoms with Crippen LogP contribution in [0.15, 0.2) is 24.3 Å². The molecule has 2 rings (SSSR count). The molecular weight excluding hydrogens is 361 g/mol. The van der Waals surface area contributed by atoms with Crippen LogP contribution in [0.1, 0.15) is 58.3 Å². The maximum atomic E-state index is 13.0. The topological polar surface area (TPSA) is 87.3 Å². The van der Waals surface area contributed by atoms with E-state index in [0.29, 0.717) is 31.4 Å². The van der Waals surface area contributed by atoms with E-state index in [9.17, 15) is 18.8 Å². The lowest BCUT2D eigenvalue weighted by Crippen LogP contribution is -2.60. The fraction of sp³-hybridized carbons (Fsp3) is 0.571. The van der Waals surface area contributed by atoms with Crippen molar-refractivity contribution >= 4 is 23.3 Å². The minimum atomic E-state index is -0.875. The zero-order valence-electron chi connectivity index (χ0n) is 16.6. The maximum absolute atomic E-state index is 13.0. The van der Waals surface area contributed by atoms with Crippen LogP contribution in [0.25, 0.3) is 0 Å². The standard InChI is InChI=1S/C21H30FN3O3/c1-3-4-8-17(25-20(28)21(23-2)13-6-5-7-14-21)18(26)19(27)24-16-11-9-15(22)10-12-16/h9-12,17,23H,3-8,13-14H2,1-2H3,(H,24,27)(H,25,28)/t17-/m0/s1. The molecule has 28 heavy (non-hydrogen) atoms. The van der Waals surface area contributed by atoms with Gasteiger partial charge in [-0.2, -0.15) is 0 Å². The smallest absolute Gasteiger partial charge is 0.293 e. The number of rotatable bonds is 9. The van der Waals surface area contributed by atoms with Gasteiger partial charge in [-0.3, -0.25) is 14.4 Å². The molecule has 154 valence electrons. The molecule has 1 atom stereocenters. The molecule has 0 spiro atoms. The molecule has 1 aliphatic rings. The lowest BCUT2D eigenvalue weighted by atomic mass is 9.80. The van der Waals surface area contributed by atoms with Crippen molar-refractivity contribution in [2.75, 3.05) is 12.4 Å². The highest BCUT2D eigenvalue weighted by molar-refractivity contribution is 6.42. The molecule has 1 fully saturated rings. The van der Waals surface area contributed by atoms with Gasteiger partial charge in [0.2, 0.25) is 11.7 Å². The number of carbonyl (C=O) groups excluding carboxylic acids is 3. The molecule has 0 heterocycles. The first kappa shape index (κ1) is 22.0. The highest BCUT2D eigenvalue weighted by Crippen LogP contribution is 2.28. The van der Waals surface area contributed by atoms with Crippen LogP contribution in [-0.4, -0.2) is 36.2 Å². The summed E-state index contributed by atoms with van der Waals surface area (Å²) in [5.74, 6) is -2.15. The number of Topliss-reactive ketones (excluding diaryl/α,β-unsaturated/α-hetero) is 1. The number of hydrogen-bond donors (Lipinski definition) is 3. The van der Waals surface area contributed by atoms with Crippen molar-refractivity contribution in [1.82, 2.24) is 10.6 Å². The normalized spacial score (nSPS) is 16.8. The lowest BCUT2D eigenvalue weighted by molar-refractivity contribution is -0.138. The van der Waals surface area contributed by atoms with E-state index in [1.807, 2.05) is 6.92 Å². The molecule has 3 N–H and O–H groups in total. The summed E-state index contributed by atoms with van der Waals surface area (Å²) in [5.41, 5.74) is -0.351. The molecule has 1 saturated carbocycles. The van der Waals surface area contributed by atoms with Gasteiger partial charge in [-0.25, -0.2) is 4.39 Å². The Balaban J connectivity index is 2.08. The Bertz CT molecular complexity index is 685. The molecule has 0 unspecified atom stereocenters. The summed E-state index contributed by atoms with van der Waals surface area (Å²) in [6.07, 6.45) is 6.38. The van der Waals surface area contributed by atoms with Crippen LogP contribution in [0.2, 0.25) is 0 Å². The minimum absolute atomic E-state index is 0.223. The van der Waals surface area contributed by atoms with Crippen LogP contribution >= 0.6 is 0 Å². The van der Waals surface area contributed by atoms with Crippen molar-refractivity contribution in [3.8, 4) is 0 Å². The van der Waals surface area contributed by atoms with Gasteiger partial charge in [0.05, 0.1) is 11.6 Å². The molecule has 0 bridgehead atoms. The Hall–Kier alpha value is -2.28. The Morgan fingerprint density at radius 2 is 1.75 bits per heavy atom. The van der Waals surface area contributed by atoms with E-state index in [-0.39, 0.29) is 5.91 Å². The van der Waals surface area contributed by atoms with Crippen LogP contribution < -0.4 is 16.0 Å². The summed E-state index contributed by atoms with van der Waals surface area (Å²) in [7, 11) is 1.76. The van der Waals surface area contributed by atoms with Crippen molar-refractivity contribution in [2.45, 2.75) is 69.9 Å². The summed E-state index contributed by atoms with van der Waals surface area (Å²) in [6.45, 7) is 1.98. The number of hydrogen-bond acceptors (Lipinski definition) is 4. The zero-order chi connectivity index (χ0) is 20.6. The Morgan fingerprint density at radius 3 is 2.32 bits per heavy atom. The number of nitrogens with one attached hydrogen (secondary N) is 3. The van der Waals surface area contributed by atoms with Crippen LogP contribution in [0.3, 0.4) is 0 Å². The van der Waals surface area contributed by atoms with Gasteiger partial charge < -0.3 is 16.0 Å². The number of amides is 2. The number of anilines is 1. The van der Waals surface area contributed by atoms with E-state index < -0.39 is 29.1 Å². The number of ketones is 1. The number of halogens is 1. The number of benzene rings is 1. The third kappa shape index (κ3) is 5.61. The average Bonchev–Trinajstić information content (AvgIpc) is 2.72. The van der Waals surface area contributed by atoms with Crippen LogP contribution in [-0.2, 0) is 14.4 Å². The third-order valence-electron chi connectivity index (χ3n) is 5.41. The predicted molar refractivity (Wildman–Crippen MR) is 106 cm³/mol.